The van der Waals surface area contributed by atoms with E-state index in [1.54, 1.807) is 6.20 Å². The van der Waals surface area contributed by atoms with Gasteiger partial charge in [0.15, 0.2) is 0 Å². The van der Waals surface area contributed by atoms with Gasteiger partial charge in [-0.1, -0.05) is 0 Å². The molecule has 0 aromatic carbocycles. The van der Waals surface area contributed by atoms with Gasteiger partial charge in [0.25, 0.3) is 5.69 Å². The number of pyridine rings is 1. The Balaban J connectivity index is 2.31. The van der Waals surface area contributed by atoms with E-state index in [0.29, 0.717) is 5.82 Å². The lowest BCUT2D eigenvalue weighted by Crippen LogP contribution is -2.28. The summed E-state index contributed by atoms with van der Waals surface area (Å²) in [5, 5.41) is 16.6. The molecule has 0 amide bonds. The molecule has 0 unspecified atom stereocenters. The molecule has 0 saturated carbocycles. The number of nitrogens with zero attached hydrogens (tertiary/aromatic N) is 3. The number of nitro groups is 1. The van der Waals surface area contributed by atoms with Crippen molar-refractivity contribution in [3.63, 3.8) is 0 Å². The molecule has 0 bridgehead atoms. The summed E-state index contributed by atoms with van der Waals surface area (Å²) in [6, 6.07) is 2.58. The van der Waals surface area contributed by atoms with Crippen LogP contribution in [-0.2, 0) is 5.54 Å². The monoisotopic (exact) mass is 279 g/mol. The first-order valence-corrected chi connectivity index (χ1v) is 6.36. The smallest absolute Gasteiger partial charge is 0.276 e. The van der Waals surface area contributed by atoms with Crippen LogP contribution in [0.25, 0.3) is 0 Å². The summed E-state index contributed by atoms with van der Waals surface area (Å²) < 4.78 is 0. The van der Waals surface area contributed by atoms with Crippen molar-refractivity contribution in [1.29, 1.82) is 0 Å². The van der Waals surface area contributed by atoms with Gasteiger partial charge >= 0.3 is 0 Å². The van der Waals surface area contributed by atoms with E-state index in [1.165, 1.54) is 23.5 Å². The molecule has 2 aromatic heterocycles. The van der Waals surface area contributed by atoms with E-state index in [9.17, 15) is 10.1 Å². The van der Waals surface area contributed by atoms with Crippen LogP contribution in [0.1, 0.15) is 18.9 Å². The lowest BCUT2D eigenvalue weighted by Gasteiger charge is -2.24. The van der Waals surface area contributed by atoms with E-state index in [-0.39, 0.29) is 11.5 Å². The number of nitrogens with one attached hydrogen (secondary N) is 1. The SMILES string of the molecule is CC(C)(Nc1cc([N+](=O)[O-])cc(N)n1)c1nccs1. The summed E-state index contributed by atoms with van der Waals surface area (Å²) in [6.45, 7) is 3.84. The predicted molar refractivity (Wildman–Crippen MR) is 74.1 cm³/mol. The van der Waals surface area contributed by atoms with Gasteiger partial charge < -0.3 is 11.1 Å². The molecule has 3 N–H and O–H groups in total. The number of nitrogen functional groups attached to an aromatic ring is 1. The average Bonchev–Trinajstić information content (AvgIpc) is 2.81. The van der Waals surface area contributed by atoms with E-state index in [0.717, 1.165) is 5.01 Å². The second-order valence-electron chi connectivity index (χ2n) is 4.48. The van der Waals surface area contributed by atoms with E-state index in [4.69, 9.17) is 5.73 Å². The highest BCUT2D eigenvalue weighted by Crippen LogP contribution is 2.28. The molecule has 19 heavy (non-hydrogen) atoms. The van der Waals surface area contributed by atoms with Gasteiger partial charge in [0, 0.05) is 11.6 Å². The number of hydrogen-bond acceptors (Lipinski definition) is 7. The molecule has 0 atom stereocenters. The first-order valence-electron chi connectivity index (χ1n) is 5.48. The molecule has 0 aliphatic carbocycles. The number of aromatic nitrogens is 2. The molecule has 2 aromatic rings. The van der Waals surface area contributed by atoms with Crippen molar-refractivity contribution in [3.8, 4) is 0 Å². The largest absolute Gasteiger partial charge is 0.383 e. The van der Waals surface area contributed by atoms with Gasteiger partial charge in [-0.15, -0.1) is 11.3 Å². The normalized spacial score (nSPS) is 11.3. The van der Waals surface area contributed by atoms with E-state index >= 15 is 0 Å². The molecule has 0 fully saturated rings. The Hall–Kier alpha value is -2.22. The predicted octanol–water partition coefficient (Wildman–Crippen LogP) is 2.38. The molecular weight excluding hydrogens is 266 g/mol. The number of anilines is 2. The van der Waals surface area contributed by atoms with Crippen molar-refractivity contribution in [3.05, 3.63) is 38.8 Å². The third kappa shape index (κ3) is 2.97. The first kappa shape index (κ1) is 13.2. The number of nitrogens with two attached hydrogens (primary N) is 1. The molecular formula is C11H13N5O2S. The van der Waals surface area contributed by atoms with Crippen molar-refractivity contribution in [2.24, 2.45) is 0 Å². The fraction of sp³-hybridized carbons (Fsp3) is 0.273. The Bertz CT molecular complexity index is 597. The Morgan fingerprint density at radius 3 is 2.79 bits per heavy atom. The Morgan fingerprint density at radius 1 is 1.47 bits per heavy atom. The van der Waals surface area contributed by atoms with Gasteiger partial charge in [0.2, 0.25) is 0 Å². The zero-order chi connectivity index (χ0) is 14.0. The third-order valence-electron chi connectivity index (χ3n) is 2.45. The van der Waals surface area contributed by atoms with E-state index < -0.39 is 10.5 Å². The van der Waals surface area contributed by atoms with Crippen molar-refractivity contribution >= 4 is 28.7 Å². The summed E-state index contributed by atoms with van der Waals surface area (Å²) in [5.74, 6) is 0.457. The first-order chi connectivity index (χ1) is 8.88. The van der Waals surface area contributed by atoms with Crippen molar-refractivity contribution in [2.75, 3.05) is 11.1 Å². The van der Waals surface area contributed by atoms with Crippen LogP contribution in [0, 0.1) is 10.1 Å². The average molecular weight is 279 g/mol. The van der Waals surface area contributed by atoms with Crippen LogP contribution in [0.3, 0.4) is 0 Å². The zero-order valence-electron chi connectivity index (χ0n) is 10.5. The van der Waals surface area contributed by atoms with Crippen LogP contribution < -0.4 is 11.1 Å². The fourth-order valence-electron chi connectivity index (χ4n) is 1.61. The van der Waals surface area contributed by atoms with Gasteiger partial charge in [-0.05, 0) is 13.8 Å². The molecule has 100 valence electrons. The maximum Gasteiger partial charge on any atom is 0.276 e. The minimum atomic E-state index is -0.500. The van der Waals surface area contributed by atoms with Crippen LogP contribution in [0.15, 0.2) is 23.7 Å². The van der Waals surface area contributed by atoms with Gasteiger partial charge in [-0.25, -0.2) is 9.97 Å². The molecule has 0 spiro atoms. The molecule has 0 aliphatic rings. The number of thiazole rings is 1. The Labute approximate surface area is 113 Å². The lowest BCUT2D eigenvalue weighted by atomic mass is 10.1. The lowest BCUT2D eigenvalue weighted by molar-refractivity contribution is -0.384. The minimum absolute atomic E-state index is 0.0926. The fourth-order valence-corrected chi connectivity index (χ4v) is 2.33. The summed E-state index contributed by atoms with van der Waals surface area (Å²) in [4.78, 5) is 18.6. The highest BCUT2D eigenvalue weighted by Gasteiger charge is 2.24. The topological polar surface area (TPSA) is 107 Å². The summed E-state index contributed by atoms with van der Waals surface area (Å²) >= 11 is 1.50. The molecule has 7 nitrogen and oxygen atoms in total. The van der Waals surface area contributed by atoms with Crippen LogP contribution in [-0.4, -0.2) is 14.9 Å². The van der Waals surface area contributed by atoms with Crippen LogP contribution in [0.5, 0.6) is 0 Å². The summed E-state index contributed by atoms with van der Waals surface area (Å²) in [6.07, 6.45) is 1.71. The third-order valence-corrected chi connectivity index (χ3v) is 3.55. The van der Waals surface area contributed by atoms with Crippen molar-refractivity contribution < 1.29 is 4.92 Å². The van der Waals surface area contributed by atoms with Crippen LogP contribution in [0.2, 0.25) is 0 Å². The Kier molecular flexibility index (Phi) is 3.34. The van der Waals surface area contributed by atoms with Crippen LogP contribution >= 0.6 is 11.3 Å². The summed E-state index contributed by atoms with van der Waals surface area (Å²) in [7, 11) is 0. The highest BCUT2D eigenvalue weighted by atomic mass is 32.1. The minimum Gasteiger partial charge on any atom is -0.383 e. The van der Waals surface area contributed by atoms with E-state index in [2.05, 4.69) is 15.3 Å². The standard InChI is InChI=1S/C11H13N5O2S/c1-11(2,10-13-3-4-19-10)15-9-6-7(16(17)18)5-8(12)14-9/h3-6H,1-2H3,(H3,12,14,15). The number of hydrogen-bond donors (Lipinski definition) is 2. The van der Waals surface area contributed by atoms with E-state index in [1.807, 2.05) is 19.2 Å². The Morgan fingerprint density at radius 2 is 2.21 bits per heavy atom. The molecule has 0 saturated heterocycles. The highest BCUT2D eigenvalue weighted by molar-refractivity contribution is 7.09. The van der Waals surface area contributed by atoms with Crippen molar-refractivity contribution in [2.45, 2.75) is 19.4 Å². The van der Waals surface area contributed by atoms with Crippen LogP contribution in [0.4, 0.5) is 17.3 Å². The second-order valence-corrected chi connectivity index (χ2v) is 5.37. The van der Waals surface area contributed by atoms with Gasteiger partial charge in [-0.2, -0.15) is 0 Å². The maximum atomic E-state index is 10.8. The molecule has 8 heteroatoms. The molecule has 0 radical (unpaired) electrons. The second kappa shape index (κ2) is 4.81. The molecule has 2 rings (SSSR count). The molecule has 0 aliphatic heterocycles. The van der Waals surface area contributed by atoms with Gasteiger partial charge in [0.05, 0.1) is 22.6 Å². The summed E-state index contributed by atoms with van der Waals surface area (Å²) in [5.41, 5.74) is 4.99. The number of rotatable bonds is 4. The zero-order valence-corrected chi connectivity index (χ0v) is 11.3. The van der Waals surface area contributed by atoms with Gasteiger partial charge in [0.1, 0.15) is 16.6 Å². The molecule has 2 heterocycles. The van der Waals surface area contributed by atoms with Crippen molar-refractivity contribution in [1.82, 2.24) is 9.97 Å². The maximum absolute atomic E-state index is 10.8. The quantitative estimate of drug-likeness (QED) is 0.657. The van der Waals surface area contributed by atoms with Gasteiger partial charge in [-0.3, -0.25) is 10.1 Å².